The number of halogens is 3. The van der Waals surface area contributed by atoms with E-state index in [1.165, 1.54) is 18.1 Å². The van der Waals surface area contributed by atoms with Crippen molar-refractivity contribution < 1.29 is 37.1 Å². The zero-order valence-electron chi connectivity index (χ0n) is 20.0. The van der Waals surface area contributed by atoms with Crippen LogP contribution in [0, 0.1) is 17.2 Å². The number of alkyl halides is 3. The maximum Gasteiger partial charge on any atom is 0.471 e. The third-order valence-electron chi connectivity index (χ3n) is 6.81. The smallest absolute Gasteiger partial charge is 0.457 e. The number of fused-ring (bicyclic) bond motifs is 1. The van der Waals surface area contributed by atoms with Gasteiger partial charge in [-0.05, 0) is 31.4 Å². The monoisotopic (exact) mass is 522 g/mol. The lowest BCUT2D eigenvalue weighted by atomic mass is 9.97. The molecule has 1 aliphatic carbocycles. The SMILES string of the molecule is C[C@H](NC(=O)C(F)(F)F)C(=O)N(C)[C@@H](CC1CC1)C(=O)N1C[C@@]2(C[C@H]1C#N)Oc1ncccc1NC2=O. The fourth-order valence-corrected chi connectivity index (χ4v) is 4.58. The quantitative estimate of drug-likeness (QED) is 0.566. The highest BCUT2D eigenvalue weighted by Crippen LogP contribution is 2.40. The number of nitrogens with one attached hydrogen (secondary N) is 2. The molecule has 1 saturated heterocycles. The lowest BCUT2D eigenvalue weighted by Crippen LogP contribution is -2.57. The van der Waals surface area contributed by atoms with Gasteiger partial charge in [-0.3, -0.25) is 19.2 Å². The summed E-state index contributed by atoms with van der Waals surface area (Å²) in [5.41, 5.74) is -1.22. The number of aromatic nitrogens is 1. The third kappa shape index (κ3) is 5.16. The van der Waals surface area contributed by atoms with Gasteiger partial charge in [0.25, 0.3) is 5.91 Å². The Hall–Kier alpha value is -3.89. The van der Waals surface area contributed by atoms with Crippen LogP contribution in [0.3, 0.4) is 0 Å². The molecule has 0 aromatic carbocycles. The van der Waals surface area contributed by atoms with E-state index >= 15 is 0 Å². The molecular weight excluding hydrogens is 497 g/mol. The van der Waals surface area contributed by atoms with Gasteiger partial charge in [0.05, 0.1) is 12.6 Å². The highest BCUT2D eigenvalue weighted by atomic mass is 19.4. The number of pyridine rings is 1. The van der Waals surface area contributed by atoms with Gasteiger partial charge in [0.15, 0.2) is 0 Å². The molecule has 1 spiro atoms. The largest absolute Gasteiger partial charge is 0.471 e. The molecule has 37 heavy (non-hydrogen) atoms. The minimum Gasteiger partial charge on any atom is -0.457 e. The molecule has 4 rings (SSSR count). The van der Waals surface area contributed by atoms with Crippen molar-refractivity contribution in [3.8, 4) is 11.9 Å². The van der Waals surface area contributed by atoms with E-state index in [-0.39, 0.29) is 31.2 Å². The lowest BCUT2D eigenvalue weighted by Gasteiger charge is -2.35. The number of ether oxygens (including phenoxy) is 1. The van der Waals surface area contributed by atoms with Crippen LogP contribution in [-0.2, 0) is 19.2 Å². The number of nitriles is 1. The second-order valence-corrected chi connectivity index (χ2v) is 9.56. The Morgan fingerprint density at radius 1 is 1.41 bits per heavy atom. The van der Waals surface area contributed by atoms with Gasteiger partial charge in [-0.1, -0.05) is 12.8 Å². The van der Waals surface area contributed by atoms with Gasteiger partial charge in [0.2, 0.25) is 23.3 Å². The van der Waals surface area contributed by atoms with Gasteiger partial charge in [0, 0.05) is 19.7 Å². The van der Waals surface area contributed by atoms with E-state index in [0.29, 0.717) is 5.69 Å². The number of nitrogens with zero attached hydrogens (tertiary/aromatic N) is 4. The molecule has 0 radical (unpaired) electrons. The average molecular weight is 522 g/mol. The zero-order chi connectivity index (χ0) is 27.1. The molecule has 2 aliphatic heterocycles. The predicted octanol–water partition coefficient (Wildman–Crippen LogP) is 0.970. The van der Waals surface area contributed by atoms with Crippen molar-refractivity contribution in [3.05, 3.63) is 18.3 Å². The van der Waals surface area contributed by atoms with E-state index in [1.54, 1.807) is 17.4 Å². The van der Waals surface area contributed by atoms with Gasteiger partial charge in [-0.2, -0.15) is 18.4 Å². The van der Waals surface area contributed by atoms with Crippen molar-refractivity contribution in [1.82, 2.24) is 20.1 Å². The van der Waals surface area contributed by atoms with E-state index in [2.05, 4.69) is 10.3 Å². The summed E-state index contributed by atoms with van der Waals surface area (Å²) >= 11 is 0. The van der Waals surface area contributed by atoms with Crippen LogP contribution < -0.4 is 15.4 Å². The van der Waals surface area contributed by atoms with Crippen molar-refractivity contribution in [2.45, 2.75) is 62.5 Å². The first-order chi connectivity index (χ1) is 17.4. The van der Waals surface area contributed by atoms with Crippen LogP contribution in [0.1, 0.15) is 32.6 Å². The number of hydrogen-bond acceptors (Lipinski definition) is 7. The van der Waals surface area contributed by atoms with Crippen molar-refractivity contribution in [3.63, 3.8) is 0 Å². The molecule has 0 unspecified atom stereocenters. The third-order valence-corrected chi connectivity index (χ3v) is 6.81. The molecule has 1 aromatic rings. The molecule has 0 bridgehead atoms. The Labute approximate surface area is 209 Å². The number of likely N-dealkylation sites (N-methyl/N-ethyl adjacent to an activating group) is 1. The summed E-state index contributed by atoms with van der Waals surface area (Å²) in [4.78, 5) is 57.2. The standard InChI is InChI=1S/C23H25F3N6O5/c1-12(29-21(36)23(24,25)26)18(33)31(2)16(8-13-5-6-13)19(34)32-11-22(9-14(32)10-27)20(35)30-15-4-3-7-28-17(15)37-22/h3-4,7,12-14,16H,5-6,8-9,11H2,1-2H3,(H,29,36)(H,30,35)/t12-,14-,16-,22+/m0/s1. The van der Waals surface area contributed by atoms with Crippen molar-refractivity contribution >= 4 is 29.3 Å². The van der Waals surface area contributed by atoms with Crippen LogP contribution in [0.15, 0.2) is 18.3 Å². The van der Waals surface area contributed by atoms with E-state index in [4.69, 9.17) is 4.74 Å². The van der Waals surface area contributed by atoms with Crippen LogP contribution in [-0.4, -0.2) is 81.9 Å². The Kier molecular flexibility index (Phi) is 6.74. The molecule has 4 atom stereocenters. The summed E-state index contributed by atoms with van der Waals surface area (Å²) in [6, 6.07) is 1.48. The first-order valence-electron chi connectivity index (χ1n) is 11.7. The van der Waals surface area contributed by atoms with Gasteiger partial charge < -0.3 is 25.2 Å². The Bertz CT molecular complexity index is 1170. The Morgan fingerprint density at radius 2 is 2.11 bits per heavy atom. The van der Waals surface area contributed by atoms with Gasteiger partial charge in [0.1, 0.15) is 23.8 Å². The van der Waals surface area contributed by atoms with Crippen LogP contribution in [0.4, 0.5) is 18.9 Å². The molecule has 1 aromatic heterocycles. The van der Waals surface area contributed by atoms with Crippen LogP contribution in [0.25, 0.3) is 0 Å². The fraction of sp³-hybridized carbons (Fsp3) is 0.565. The summed E-state index contributed by atoms with van der Waals surface area (Å²) in [5, 5.41) is 14.1. The van der Waals surface area contributed by atoms with Crippen LogP contribution >= 0.6 is 0 Å². The summed E-state index contributed by atoms with van der Waals surface area (Å²) in [6.07, 6.45) is -2.00. The molecule has 2 fully saturated rings. The Balaban J connectivity index is 1.55. The van der Waals surface area contributed by atoms with E-state index < -0.39 is 53.5 Å². The lowest BCUT2D eigenvalue weighted by molar-refractivity contribution is -0.175. The number of likely N-dealkylation sites (tertiary alicyclic amines) is 1. The number of rotatable bonds is 6. The maximum absolute atomic E-state index is 13.7. The summed E-state index contributed by atoms with van der Waals surface area (Å²) in [5.74, 6) is -4.09. The normalized spacial score (nSPS) is 24.3. The minimum atomic E-state index is -5.17. The molecule has 3 heterocycles. The summed E-state index contributed by atoms with van der Waals surface area (Å²) in [7, 11) is 1.26. The molecule has 1 saturated carbocycles. The van der Waals surface area contributed by atoms with E-state index in [9.17, 15) is 37.6 Å². The molecule has 14 heteroatoms. The highest BCUT2D eigenvalue weighted by molar-refractivity contribution is 6.02. The van der Waals surface area contributed by atoms with Gasteiger partial charge in [-0.15, -0.1) is 0 Å². The average Bonchev–Trinajstić information content (AvgIpc) is 3.60. The zero-order valence-corrected chi connectivity index (χ0v) is 20.0. The minimum absolute atomic E-state index is 0.117. The molecule has 2 N–H and O–H groups in total. The van der Waals surface area contributed by atoms with Crippen molar-refractivity contribution in [2.24, 2.45) is 5.92 Å². The Morgan fingerprint density at radius 3 is 2.73 bits per heavy atom. The van der Waals surface area contributed by atoms with Crippen LogP contribution in [0.2, 0.25) is 0 Å². The van der Waals surface area contributed by atoms with Crippen molar-refractivity contribution in [1.29, 1.82) is 5.26 Å². The molecular formula is C23H25F3N6O5. The van der Waals surface area contributed by atoms with E-state index in [0.717, 1.165) is 24.7 Å². The molecule has 198 valence electrons. The van der Waals surface area contributed by atoms with Gasteiger partial charge in [-0.25, -0.2) is 4.98 Å². The number of carbonyl (C=O) groups is 4. The second-order valence-electron chi connectivity index (χ2n) is 9.56. The number of anilines is 1. The summed E-state index contributed by atoms with van der Waals surface area (Å²) < 4.78 is 43.8. The first kappa shape index (κ1) is 26.2. The maximum atomic E-state index is 13.7. The van der Waals surface area contributed by atoms with Crippen LogP contribution in [0.5, 0.6) is 5.88 Å². The molecule has 3 aliphatic rings. The van der Waals surface area contributed by atoms with E-state index in [1.807, 2.05) is 6.07 Å². The van der Waals surface area contributed by atoms with Crippen molar-refractivity contribution in [2.75, 3.05) is 18.9 Å². The number of carbonyl (C=O) groups excluding carboxylic acids is 4. The predicted molar refractivity (Wildman–Crippen MR) is 120 cm³/mol. The number of amides is 4. The topological polar surface area (TPSA) is 145 Å². The van der Waals surface area contributed by atoms with Gasteiger partial charge >= 0.3 is 12.1 Å². The summed E-state index contributed by atoms with van der Waals surface area (Å²) in [6.45, 7) is 0.810. The highest BCUT2D eigenvalue weighted by Gasteiger charge is 2.57. The first-order valence-corrected chi connectivity index (χ1v) is 11.7. The fourth-order valence-electron chi connectivity index (χ4n) is 4.58. The molecule has 11 nitrogen and oxygen atoms in total. The number of hydrogen-bond donors (Lipinski definition) is 2. The second kappa shape index (κ2) is 9.53. The molecule has 4 amide bonds.